The first-order chi connectivity index (χ1) is 13.8. The number of furan rings is 1. The van der Waals surface area contributed by atoms with Gasteiger partial charge >= 0.3 is 11.8 Å². The van der Waals surface area contributed by atoms with E-state index in [1.54, 1.807) is 38.1 Å². The summed E-state index contributed by atoms with van der Waals surface area (Å²) >= 11 is 14.5. The Bertz CT molecular complexity index is 1030. The fourth-order valence-corrected chi connectivity index (χ4v) is 4.06. The van der Waals surface area contributed by atoms with Crippen LogP contribution in [0.1, 0.15) is 44.7 Å². The van der Waals surface area contributed by atoms with Crippen molar-refractivity contribution >= 4 is 69.1 Å². The third-order valence-electron chi connectivity index (χ3n) is 3.56. The van der Waals surface area contributed by atoms with Gasteiger partial charge in [0.05, 0.1) is 29.9 Å². The molecule has 0 spiro atoms. The third-order valence-corrected chi connectivity index (χ3v) is 6.24. The van der Waals surface area contributed by atoms with Crippen LogP contribution in [-0.2, 0) is 0 Å². The average molecular weight is 469 g/mol. The Balaban J connectivity index is 1.60. The summed E-state index contributed by atoms with van der Waals surface area (Å²) in [5.74, 6) is -1.28. The Morgan fingerprint density at radius 2 is 1.21 bits per heavy atom. The van der Waals surface area contributed by atoms with Crippen molar-refractivity contribution in [2.75, 3.05) is 0 Å². The van der Waals surface area contributed by atoms with Crippen LogP contribution < -0.4 is 10.9 Å². The molecule has 0 fully saturated rings. The van der Waals surface area contributed by atoms with E-state index in [4.69, 9.17) is 27.6 Å². The van der Waals surface area contributed by atoms with Crippen LogP contribution in [0.4, 0.5) is 0 Å². The lowest BCUT2D eigenvalue weighted by molar-refractivity contribution is 0.0902. The molecule has 3 rings (SSSR count). The first-order valence-corrected chi connectivity index (χ1v) is 10.5. The molecular formula is C18H14Cl2N4O3S2. The van der Waals surface area contributed by atoms with E-state index in [2.05, 4.69) is 21.1 Å². The van der Waals surface area contributed by atoms with Crippen molar-refractivity contribution < 1.29 is 14.0 Å². The van der Waals surface area contributed by atoms with Gasteiger partial charge in [0.25, 0.3) is 0 Å². The first-order valence-electron chi connectivity index (χ1n) is 8.14. The molecule has 2 amide bonds. The molecule has 0 saturated heterocycles. The fraction of sp³-hybridized carbons (Fsp3) is 0.111. The zero-order valence-electron chi connectivity index (χ0n) is 15.2. The number of halogens is 2. The highest BCUT2D eigenvalue weighted by Gasteiger charge is 2.16. The second kappa shape index (κ2) is 9.36. The van der Waals surface area contributed by atoms with E-state index in [-0.39, 0.29) is 11.5 Å². The minimum Gasteiger partial charge on any atom is -0.446 e. The van der Waals surface area contributed by atoms with Gasteiger partial charge in [0, 0.05) is 0 Å². The van der Waals surface area contributed by atoms with Crippen LogP contribution in [0.2, 0.25) is 8.67 Å². The van der Waals surface area contributed by atoms with E-state index in [0.717, 1.165) is 9.75 Å². The van der Waals surface area contributed by atoms with Gasteiger partial charge in [-0.3, -0.25) is 9.59 Å². The van der Waals surface area contributed by atoms with Crippen LogP contribution in [-0.4, -0.2) is 23.2 Å². The smallest absolute Gasteiger partial charge is 0.307 e. The Kier molecular flexibility index (Phi) is 6.86. The zero-order valence-corrected chi connectivity index (χ0v) is 18.3. The largest absolute Gasteiger partial charge is 0.446 e. The van der Waals surface area contributed by atoms with Crippen LogP contribution in [0, 0.1) is 0 Å². The molecular weight excluding hydrogens is 455 g/mol. The van der Waals surface area contributed by atoms with Gasteiger partial charge in [-0.25, -0.2) is 10.9 Å². The molecule has 3 aromatic heterocycles. The molecule has 0 aromatic carbocycles. The number of carbonyl (C=O) groups excluding carboxylic acids is 2. The maximum atomic E-state index is 12.2. The maximum absolute atomic E-state index is 12.2. The zero-order chi connectivity index (χ0) is 21.0. The fourth-order valence-electron chi connectivity index (χ4n) is 2.09. The molecule has 0 bridgehead atoms. The molecule has 29 heavy (non-hydrogen) atoms. The van der Waals surface area contributed by atoms with Crippen LogP contribution in [0.3, 0.4) is 0 Å². The Morgan fingerprint density at radius 3 is 1.55 bits per heavy atom. The number of hydrazone groups is 2. The number of hydrogen-bond acceptors (Lipinski definition) is 7. The van der Waals surface area contributed by atoms with E-state index >= 15 is 0 Å². The van der Waals surface area contributed by atoms with Gasteiger partial charge < -0.3 is 4.42 Å². The predicted octanol–water partition coefficient (Wildman–Crippen LogP) is 5.02. The number of nitrogens with zero attached hydrogens (tertiary/aromatic N) is 2. The van der Waals surface area contributed by atoms with Gasteiger partial charge in [-0.2, -0.15) is 10.2 Å². The average Bonchev–Trinajstić information content (AvgIpc) is 3.44. The summed E-state index contributed by atoms with van der Waals surface area (Å²) in [7, 11) is 0. The number of carbonyl (C=O) groups is 2. The predicted molar refractivity (Wildman–Crippen MR) is 117 cm³/mol. The quantitative estimate of drug-likeness (QED) is 0.392. The third kappa shape index (κ3) is 5.54. The second-order valence-electron chi connectivity index (χ2n) is 5.65. The highest BCUT2D eigenvalue weighted by Crippen LogP contribution is 2.22. The molecule has 2 N–H and O–H groups in total. The van der Waals surface area contributed by atoms with Gasteiger partial charge in [-0.1, -0.05) is 23.2 Å². The van der Waals surface area contributed by atoms with Crippen LogP contribution in [0.15, 0.2) is 51.0 Å². The van der Waals surface area contributed by atoms with Crippen LogP contribution in [0.25, 0.3) is 0 Å². The van der Waals surface area contributed by atoms with Gasteiger partial charge in [-0.15, -0.1) is 22.7 Å². The molecule has 0 unspecified atom stereocenters. The topological polar surface area (TPSA) is 96.1 Å². The van der Waals surface area contributed by atoms with Crippen molar-refractivity contribution in [2.24, 2.45) is 10.2 Å². The molecule has 0 aliphatic heterocycles. The molecule has 7 nitrogen and oxygen atoms in total. The van der Waals surface area contributed by atoms with Crippen molar-refractivity contribution in [1.29, 1.82) is 0 Å². The molecule has 0 aliphatic carbocycles. The maximum Gasteiger partial charge on any atom is 0.307 e. The van der Waals surface area contributed by atoms with Crippen molar-refractivity contribution in [1.82, 2.24) is 10.9 Å². The lowest BCUT2D eigenvalue weighted by Gasteiger charge is -2.00. The summed E-state index contributed by atoms with van der Waals surface area (Å²) in [5.41, 5.74) is 5.95. The molecule has 0 aliphatic rings. The van der Waals surface area contributed by atoms with Crippen LogP contribution >= 0.6 is 45.9 Å². The molecule has 150 valence electrons. The number of hydrogen-bond donors (Lipinski definition) is 2. The van der Waals surface area contributed by atoms with E-state index in [1.165, 1.54) is 34.8 Å². The van der Waals surface area contributed by atoms with Crippen molar-refractivity contribution in [3.05, 3.63) is 66.3 Å². The van der Waals surface area contributed by atoms with E-state index in [1.807, 2.05) is 0 Å². The first kappa shape index (κ1) is 21.3. The lowest BCUT2D eigenvalue weighted by Crippen LogP contribution is -2.20. The molecule has 0 saturated carbocycles. The SMILES string of the molecule is C/C(=N\NC(=O)c1ccc(C(=O)N/N=C(\C)c2ccc(Cl)s2)o1)c1ccc(Cl)s1. The van der Waals surface area contributed by atoms with E-state index in [9.17, 15) is 9.59 Å². The Hall–Kier alpha value is -2.46. The van der Waals surface area contributed by atoms with Gasteiger partial charge in [0.15, 0.2) is 11.5 Å². The van der Waals surface area contributed by atoms with Crippen molar-refractivity contribution in [3.63, 3.8) is 0 Å². The molecule has 3 aromatic rings. The van der Waals surface area contributed by atoms with Crippen LogP contribution in [0.5, 0.6) is 0 Å². The Morgan fingerprint density at radius 1 is 0.793 bits per heavy atom. The van der Waals surface area contributed by atoms with Crippen molar-refractivity contribution in [2.45, 2.75) is 13.8 Å². The number of amides is 2. The molecule has 0 radical (unpaired) electrons. The minimum absolute atomic E-state index is 0.0540. The molecule has 3 heterocycles. The summed E-state index contributed by atoms with van der Waals surface area (Å²) < 4.78 is 6.55. The standard InChI is InChI=1S/C18H14Cl2N4O3S2/c1-9(13-5-7-15(19)28-13)21-23-17(25)11-3-4-12(27-11)18(26)24-22-10(2)14-6-8-16(20)29-14/h3-8H,1-2H3,(H,23,25)(H,24,26)/b21-9+,22-10+. The minimum atomic E-state index is -0.584. The molecule has 0 atom stereocenters. The highest BCUT2D eigenvalue weighted by molar-refractivity contribution is 7.18. The monoisotopic (exact) mass is 468 g/mol. The van der Waals surface area contributed by atoms with Gasteiger partial charge in [0.2, 0.25) is 0 Å². The van der Waals surface area contributed by atoms with E-state index in [0.29, 0.717) is 20.1 Å². The second-order valence-corrected chi connectivity index (χ2v) is 9.08. The number of rotatable bonds is 6. The summed E-state index contributed by atoms with van der Waals surface area (Å²) in [4.78, 5) is 26.0. The van der Waals surface area contributed by atoms with Gasteiger partial charge in [0.1, 0.15) is 0 Å². The molecule has 11 heteroatoms. The summed E-state index contributed by atoms with van der Waals surface area (Å²) in [6, 6.07) is 9.87. The number of thiophene rings is 2. The van der Waals surface area contributed by atoms with E-state index < -0.39 is 11.8 Å². The normalized spacial score (nSPS) is 12.1. The highest BCUT2D eigenvalue weighted by atomic mass is 35.5. The van der Waals surface area contributed by atoms with Crippen molar-refractivity contribution in [3.8, 4) is 0 Å². The lowest BCUT2D eigenvalue weighted by atomic mass is 10.3. The number of nitrogens with one attached hydrogen (secondary N) is 2. The Labute approximate surface area is 184 Å². The summed E-state index contributed by atoms with van der Waals surface area (Å²) in [6.45, 7) is 3.48. The summed E-state index contributed by atoms with van der Waals surface area (Å²) in [5, 5.41) is 8.02. The van der Waals surface area contributed by atoms with Gasteiger partial charge in [-0.05, 0) is 50.2 Å². The summed E-state index contributed by atoms with van der Waals surface area (Å²) in [6.07, 6.45) is 0.